The first-order valence-electron chi connectivity index (χ1n) is 9.04. The second-order valence-electron chi connectivity index (χ2n) is 6.60. The number of amides is 1. The zero-order valence-electron chi connectivity index (χ0n) is 15.9. The maximum Gasteiger partial charge on any atom is 0.341 e. The maximum absolute atomic E-state index is 12.8. The molecule has 4 rings (SSSR count). The van der Waals surface area contributed by atoms with Crippen LogP contribution in [0.2, 0.25) is 0 Å². The number of thiophene rings is 1. The molecule has 1 aromatic heterocycles. The normalized spacial score (nSPS) is 19.2. The molecule has 9 heteroatoms. The van der Waals surface area contributed by atoms with Crippen LogP contribution >= 0.6 is 11.3 Å². The summed E-state index contributed by atoms with van der Waals surface area (Å²) in [6, 6.07) is 7.08. The minimum Gasteiger partial charge on any atom is -0.485 e. The number of hydrogen-bond donors (Lipinski definition) is 1. The number of aryl methyl sites for hydroxylation is 1. The quantitative estimate of drug-likeness (QED) is 0.763. The molecule has 2 aliphatic rings. The predicted molar refractivity (Wildman–Crippen MR) is 104 cm³/mol. The van der Waals surface area contributed by atoms with Crippen LogP contribution in [0.5, 0.6) is 11.5 Å². The van der Waals surface area contributed by atoms with Gasteiger partial charge in [-0.2, -0.15) is 0 Å². The lowest BCUT2D eigenvalue weighted by molar-refractivity contribution is -0.142. The monoisotopic (exact) mass is 417 g/mol. The Morgan fingerprint density at radius 2 is 1.90 bits per heavy atom. The molecule has 0 spiro atoms. The van der Waals surface area contributed by atoms with Crippen molar-refractivity contribution in [3.8, 4) is 11.5 Å². The Morgan fingerprint density at radius 3 is 2.62 bits per heavy atom. The van der Waals surface area contributed by atoms with E-state index in [9.17, 15) is 14.4 Å². The van der Waals surface area contributed by atoms with Crippen LogP contribution in [-0.4, -0.2) is 44.8 Å². The largest absolute Gasteiger partial charge is 0.485 e. The van der Waals surface area contributed by atoms with E-state index in [2.05, 4.69) is 5.32 Å². The fraction of sp³-hybridized carbons (Fsp3) is 0.350. The van der Waals surface area contributed by atoms with Gasteiger partial charge in [-0.3, -0.25) is 9.59 Å². The van der Waals surface area contributed by atoms with Crippen LogP contribution in [0.4, 0.5) is 5.00 Å². The number of para-hydroxylation sites is 2. The van der Waals surface area contributed by atoms with Crippen LogP contribution in [0.3, 0.4) is 0 Å². The topological polar surface area (TPSA) is 100 Å². The number of esters is 2. The highest BCUT2D eigenvalue weighted by Gasteiger charge is 2.39. The zero-order valence-corrected chi connectivity index (χ0v) is 16.7. The van der Waals surface area contributed by atoms with Crippen molar-refractivity contribution in [3.63, 3.8) is 0 Å². The highest BCUT2D eigenvalue weighted by molar-refractivity contribution is 7.17. The third kappa shape index (κ3) is 3.42. The Hall–Kier alpha value is -3.07. The minimum absolute atomic E-state index is 0.0479. The number of nitrogens with one attached hydrogen (secondary N) is 1. The van der Waals surface area contributed by atoms with Gasteiger partial charge < -0.3 is 24.3 Å². The molecule has 0 saturated heterocycles. The van der Waals surface area contributed by atoms with E-state index in [0.29, 0.717) is 34.9 Å². The van der Waals surface area contributed by atoms with Gasteiger partial charge in [-0.1, -0.05) is 12.1 Å². The van der Waals surface area contributed by atoms with Crippen LogP contribution in [-0.2, 0) is 25.5 Å². The molecule has 29 heavy (non-hydrogen) atoms. The third-order valence-electron chi connectivity index (χ3n) is 4.94. The van der Waals surface area contributed by atoms with Gasteiger partial charge in [0.05, 0.1) is 25.7 Å². The number of rotatable bonds is 4. The van der Waals surface area contributed by atoms with E-state index < -0.39 is 29.9 Å². The molecule has 0 unspecified atom stereocenters. The van der Waals surface area contributed by atoms with Crippen molar-refractivity contribution in [2.75, 3.05) is 26.1 Å². The highest BCUT2D eigenvalue weighted by atomic mass is 32.1. The smallest absolute Gasteiger partial charge is 0.341 e. The standard InChI is InChI=1S/C20H19NO7S/c1-25-19(23)10-7-8-14-15(10)16(20(24)26-2)18(29-14)21-17(22)13-9-27-11-5-3-4-6-12(11)28-13/h3-6,10,13H,7-9H2,1-2H3,(H,21,22)/t10-,13-/m1/s1. The van der Waals surface area contributed by atoms with Gasteiger partial charge in [-0.05, 0) is 30.5 Å². The summed E-state index contributed by atoms with van der Waals surface area (Å²) in [6.45, 7) is 0.0479. The maximum atomic E-state index is 12.8. The van der Waals surface area contributed by atoms with E-state index in [1.54, 1.807) is 18.2 Å². The molecule has 0 bridgehead atoms. The molecular formula is C20H19NO7S. The summed E-state index contributed by atoms with van der Waals surface area (Å²) in [4.78, 5) is 38.2. The molecule has 0 fully saturated rings. The van der Waals surface area contributed by atoms with E-state index in [1.807, 2.05) is 6.07 Å². The number of benzene rings is 1. The van der Waals surface area contributed by atoms with Crippen LogP contribution < -0.4 is 14.8 Å². The molecule has 1 aliphatic heterocycles. The highest BCUT2D eigenvalue weighted by Crippen LogP contribution is 2.46. The molecule has 2 aromatic rings. The molecular weight excluding hydrogens is 398 g/mol. The predicted octanol–water partition coefficient (Wildman–Crippen LogP) is 2.52. The van der Waals surface area contributed by atoms with Gasteiger partial charge in [0.25, 0.3) is 5.91 Å². The second kappa shape index (κ2) is 7.75. The van der Waals surface area contributed by atoms with Crippen molar-refractivity contribution in [1.82, 2.24) is 0 Å². The Labute approximate surface area is 170 Å². The molecule has 0 radical (unpaired) electrons. The number of methoxy groups -OCH3 is 2. The number of anilines is 1. The van der Waals surface area contributed by atoms with Gasteiger partial charge in [-0.25, -0.2) is 4.79 Å². The molecule has 1 aromatic carbocycles. The SMILES string of the molecule is COC(=O)c1c(NC(=O)[C@H]2COc3ccccc3O2)sc2c1[C@H](C(=O)OC)CC2. The van der Waals surface area contributed by atoms with E-state index in [0.717, 1.165) is 4.88 Å². The fourth-order valence-corrected chi connectivity index (χ4v) is 4.84. The molecule has 152 valence electrons. The molecule has 2 heterocycles. The summed E-state index contributed by atoms with van der Waals surface area (Å²) in [5.41, 5.74) is 0.779. The summed E-state index contributed by atoms with van der Waals surface area (Å²) in [7, 11) is 2.57. The Bertz CT molecular complexity index is 983. The molecule has 1 aliphatic carbocycles. The van der Waals surface area contributed by atoms with Crippen molar-refractivity contribution in [2.45, 2.75) is 24.9 Å². The van der Waals surface area contributed by atoms with Crippen LogP contribution in [0.1, 0.15) is 33.1 Å². The number of carbonyl (C=O) groups is 3. The first-order chi connectivity index (χ1) is 14.0. The molecule has 1 amide bonds. The lowest BCUT2D eigenvalue weighted by Gasteiger charge is -2.25. The third-order valence-corrected chi connectivity index (χ3v) is 6.12. The van der Waals surface area contributed by atoms with E-state index >= 15 is 0 Å². The summed E-state index contributed by atoms with van der Waals surface area (Å²) in [5.74, 6) is -0.967. The van der Waals surface area contributed by atoms with Gasteiger partial charge in [0, 0.05) is 4.88 Å². The fourth-order valence-electron chi connectivity index (χ4n) is 3.58. The molecule has 1 N–H and O–H groups in total. The lowest BCUT2D eigenvalue weighted by Crippen LogP contribution is -2.40. The number of carbonyl (C=O) groups excluding carboxylic acids is 3. The van der Waals surface area contributed by atoms with Gasteiger partial charge in [-0.15, -0.1) is 11.3 Å². The van der Waals surface area contributed by atoms with Crippen molar-refractivity contribution < 1.29 is 33.3 Å². The Morgan fingerprint density at radius 1 is 1.14 bits per heavy atom. The summed E-state index contributed by atoms with van der Waals surface area (Å²) < 4.78 is 21.1. The van der Waals surface area contributed by atoms with Gasteiger partial charge in [0.1, 0.15) is 11.6 Å². The minimum atomic E-state index is -0.872. The number of fused-ring (bicyclic) bond motifs is 2. The number of hydrogen-bond acceptors (Lipinski definition) is 8. The van der Waals surface area contributed by atoms with Crippen LogP contribution in [0.15, 0.2) is 24.3 Å². The lowest BCUT2D eigenvalue weighted by atomic mass is 9.99. The Kier molecular flexibility index (Phi) is 5.14. The summed E-state index contributed by atoms with van der Waals surface area (Å²) >= 11 is 1.26. The molecule has 8 nitrogen and oxygen atoms in total. The Balaban J connectivity index is 1.60. The molecule has 0 saturated carbocycles. The van der Waals surface area contributed by atoms with Gasteiger partial charge in [0.15, 0.2) is 11.5 Å². The van der Waals surface area contributed by atoms with Crippen LogP contribution in [0.25, 0.3) is 0 Å². The first kappa shape index (κ1) is 19.3. The number of ether oxygens (including phenoxy) is 4. The zero-order chi connectivity index (χ0) is 20.5. The van der Waals surface area contributed by atoms with Crippen molar-refractivity contribution in [2.24, 2.45) is 0 Å². The average Bonchev–Trinajstić information content (AvgIpc) is 3.31. The van der Waals surface area contributed by atoms with Gasteiger partial charge >= 0.3 is 11.9 Å². The van der Waals surface area contributed by atoms with Crippen molar-refractivity contribution in [3.05, 3.63) is 40.3 Å². The first-order valence-corrected chi connectivity index (χ1v) is 9.86. The molecule has 2 atom stereocenters. The van der Waals surface area contributed by atoms with E-state index in [-0.39, 0.29) is 12.2 Å². The van der Waals surface area contributed by atoms with E-state index in [1.165, 1.54) is 25.6 Å². The van der Waals surface area contributed by atoms with E-state index in [4.69, 9.17) is 18.9 Å². The van der Waals surface area contributed by atoms with Crippen molar-refractivity contribution >= 4 is 34.2 Å². The van der Waals surface area contributed by atoms with Gasteiger partial charge in [0.2, 0.25) is 6.10 Å². The van der Waals surface area contributed by atoms with Crippen molar-refractivity contribution in [1.29, 1.82) is 0 Å². The second-order valence-corrected chi connectivity index (χ2v) is 7.71. The summed E-state index contributed by atoms with van der Waals surface area (Å²) in [5, 5.41) is 3.09. The summed E-state index contributed by atoms with van der Waals surface area (Å²) in [6.07, 6.45) is 0.307. The average molecular weight is 417 g/mol. The van der Waals surface area contributed by atoms with Crippen LogP contribution in [0, 0.1) is 0 Å².